The molecule has 1 aliphatic carbocycles. The minimum atomic E-state index is 0.0640. The topological polar surface area (TPSA) is 33.2 Å². The number of amides is 1. The summed E-state index contributed by atoms with van der Waals surface area (Å²) in [4.78, 5) is 18.4. The van der Waals surface area contributed by atoms with Crippen LogP contribution in [0.4, 0.5) is 0 Å². The van der Waals surface area contributed by atoms with Gasteiger partial charge in [0.25, 0.3) is 5.91 Å². The first-order valence-electron chi connectivity index (χ1n) is 6.47. The Balaban J connectivity index is 2.11. The highest BCUT2D eigenvalue weighted by molar-refractivity contribution is 9.10. The minimum absolute atomic E-state index is 0.0640. The monoisotopic (exact) mass is 310 g/mol. The third-order valence-corrected chi connectivity index (χ3v) is 4.40. The summed E-state index contributed by atoms with van der Waals surface area (Å²) in [6.45, 7) is 2.27. The molecular weight excluding hydrogens is 292 g/mol. The van der Waals surface area contributed by atoms with Crippen LogP contribution in [0.25, 0.3) is 0 Å². The Kier molecular flexibility index (Phi) is 4.38. The van der Waals surface area contributed by atoms with Crippen LogP contribution < -0.4 is 0 Å². The summed E-state index contributed by atoms with van der Waals surface area (Å²) in [6.07, 6.45) is 6.42. The maximum atomic E-state index is 12.4. The van der Waals surface area contributed by atoms with Gasteiger partial charge in [0.05, 0.1) is 5.56 Å². The number of rotatable bonds is 2. The average molecular weight is 311 g/mol. The third-order valence-electron chi connectivity index (χ3n) is 3.77. The van der Waals surface area contributed by atoms with E-state index < -0.39 is 0 Å². The fraction of sp³-hybridized carbons (Fsp3) is 0.571. The number of nitrogens with zero attached hydrogens (tertiary/aromatic N) is 2. The zero-order chi connectivity index (χ0) is 13.1. The molecular formula is C14H19BrN2O. The van der Waals surface area contributed by atoms with Crippen LogP contribution in [0, 0.1) is 5.92 Å². The first-order valence-corrected chi connectivity index (χ1v) is 7.26. The largest absolute Gasteiger partial charge is 0.339 e. The van der Waals surface area contributed by atoms with E-state index >= 15 is 0 Å². The quantitative estimate of drug-likeness (QED) is 0.783. The van der Waals surface area contributed by atoms with Crippen LogP contribution in [0.15, 0.2) is 22.9 Å². The lowest BCUT2D eigenvalue weighted by Gasteiger charge is -2.34. The van der Waals surface area contributed by atoms with Crippen molar-refractivity contribution in [2.45, 2.75) is 38.6 Å². The second-order valence-electron chi connectivity index (χ2n) is 5.18. The predicted molar refractivity (Wildman–Crippen MR) is 75.5 cm³/mol. The van der Waals surface area contributed by atoms with Gasteiger partial charge in [0, 0.05) is 19.3 Å². The van der Waals surface area contributed by atoms with E-state index in [1.807, 2.05) is 18.0 Å². The Hall–Kier alpha value is -0.900. The van der Waals surface area contributed by atoms with Crippen molar-refractivity contribution in [3.05, 3.63) is 28.5 Å². The van der Waals surface area contributed by atoms with E-state index in [9.17, 15) is 4.79 Å². The van der Waals surface area contributed by atoms with Gasteiger partial charge in [0.15, 0.2) is 0 Å². The van der Waals surface area contributed by atoms with Gasteiger partial charge < -0.3 is 4.90 Å². The van der Waals surface area contributed by atoms with E-state index in [-0.39, 0.29) is 5.91 Å². The van der Waals surface area contributed by atoms with Crippen molar-refractivity contribution in [3.8, 4) is 0 Å². The fourth-order valence-corrected chi connectivity index (χ4v) is 3.08. The number of aromatic nitrogens is 1. The second-order valence-corrected chi connectivity index (χ2v) is 5.93. The Morgan fingerprint density at radius 1 is 1.50 bits per heavy atom. The molecule has 1 aromatic heterocycles. The number of hydrogen-bond acceptors (Lipinski definition) is 2. The van der Waals surface area contributed by atoms with Crippen LogP contribution in [0.3, 0.4) is 0 Å². The van der Waals surface area contributed by atoms with Crippen LogP contribution in [0.2, 0.25) is 0 Å². The molecule has 18 heavy (non-hydrogen) atoms. The SMILES string of the molecule is CC1CCCC(N(C)C(=O)c2cccnc2Br)C1. The maximum Gasteiger partial charge on any atom is 0.256 e. The molecule has 98 valence electrons. The minimum Gasteiger partial charge on any atom is -0.339 e. The molecule has 1 heterocycles. The predicted octanol–water partition coefficient (Wildman–Crippen LogP) is 3.49. The van der Waals surface area contributed by atoms with Gasteiger partial charge in [-0.1, -0.05) is 19.8 Å². The molecule has 0 radical (unpaired) electrons. The van der Waals surface area contributed by atoms with E-state index in [0.29, 0.717) is 16.2 Å². The highest BCUT2D eigenvalue weighted by atomic mass is 79.9. The van der Waals surface area contributed by atoms with E-state index in [4.69, 9.17) is 0 Å². The van der Waals surface area contributed by atoms with Gasteiger partial charge in [-0.25, -0.2) is 4.98 Å². The maximum absolute atomic E-state index is 12.4. The van der Waals surface area contributed by atoms with E-state index in [2.05, 4.69) is 27.8 Å². The van der Waals surface area contributed by atoms with Crippen LogP contribution in [0.5, 0.6) is 0 Å². The van der Waals surface area contributed by atoms with Crippen LogP contribution >= 0.6 is 15.9 Å². The molecule has 0 bridgehead atoms. The van der Waals surface area contributed by atoms with Gasteiger partial charge in [-0.2, -0.15) is 0 Å². The first-order chi connectivity index (χ1) is 8.59. The first kappa shape index (κ1) is 13.5. The average Bonchev–Trinajstić information content (AvgIpc) is 2.37. The second kappa shape index (κ2) is 5.83. The third kappa shape index (κ3) is 2.91. The molecule has 2 unspecified atom stereocenters. The van der Waals surface area contributed by atoms with Gasteiger partial charge in [-0.15, -0.1) is 0 Å². The van der Waals surface area contributed by atoms with Crippen molar-refractivity contribution in [3.63, 3.8) is 0 Å². The zero-order valence-electron chi connectivity index (χ0n) is 10.9. The van der Waals surface area contributed by atoms with Gasteiger partial charge in [0.1, 0.15) is 4.60 Å². The molecule has 2 rings (SSSR count). The molecule has 1 amide bonds. The fourth-order valence-electron chi connectivity index (χ4n) is 2.66. The van der Waals surface area contributed by atoms with Crippen molar-refractivity contribution < 1.29 is 4.79 Å². The summed E-state index contributed by atoms with van der Waals surface area (Å²) < 4.78 is 0.630. The summed E-state index contributed by atoms with van der Waals surface area (Å²) in [5, 5.41) is 0. The summed E-state index contributed by atoms with van der Waals surface area (Å²) in [7, 11) is 1.91. The lowest BCUT2D eigenvalue weighted by molar-refractivity contribution is 0.0671. The Morgan fingerprint density at radius 2 is 2.28 bits per heavy atom. The molecule has 1 fully saturated rings. The van der Waals surface area contributed by atoms with E-state index in [1.54, 1.807) is 12.3 Å². The zero-order valence-corrected chi connectivity index (χ0v) is 12.5. The lowest BCUT2D eigenvalue weighted by Crippen LogP contribution is -2.40. The summed E-state index contributed by atoms with van der Waals surface area (Å²) in [5.74, 6) is 0.783. The van der Waals surface area contributed by atoms with Crippen molar-refractivity contribution in [2.75, 3.05) is 7.05 Å². The van der Waals surface area contributed by atoms with E-state index in [0.717, 1.165) is 18.8 Å². The van der Waals surface area contributed by atoms with Crippen LogP contribution in [-0.2, 0) is 0 Å². The van der Waals surface area contributed by atoms with Crippen LogP contribution in [0.1, 0.15) is 43.0 Å². The van der Waals surface area contributed by atoms with Gasteiger partial charge >= 0.3 is 0 Å². The van der Waals surface area contributed by atoms with Gasteiger partial charge in [-0.3, -0.25) is 4.79 Å². The molecule has 0 aromatic carbocycles. The highest BCUT2D eigenvalue weighted by Gasteiger charge is 2.26. The molecule has 0 spiro atoms. The molecule has 0 N–H and O–H groups in total. The number of hydrogen-bond donors (Lipinski definition) is 0. The molecule has 1 aromatic rings. The Bertz CT molecular complexity index is 436. The van der Waals surface area contributed by atoms with Crippen LogP contribution in [-0.4, -0.2) is 28.9 Å². The molecule has 0 aliphatic heterocycles. The number of pyridine rings is 1. The van der Waals surface area contributed by atoms with Crippen molar-refractivity contribution in [1.29, 1.82) is 0 Å². The van der Waals surface area contributed by atoms with Crippen molar-refractivity contribution >= 4 is 21.8 Å². The summed E-state index contributed by atoms with van der Waals surface area (Å²) >= 11 is 3.34. The molecule has 2 atom stereocenters. The molecule has 1 aliphatic rings. The Labute approximate surface area is 117 Å². The van der Waals surface area contributed by atoms with Gasteiger partial charge in [-0.05, 0) is 46.8 Å². The summed E-state index contributed by atoms with van der Waals surface area (Å²) in [6, 6.07) is 3.99. The van der Waals surface area contributed by atoms with E-state index in [1.165, 1.54) is 12.8 Å². The molecule has 1 saturated carbocycles. The lowest BCUT2D eigenvalue weighted by atomic mass is 9.86. The van der Waals surface area contributed by atoms with Crippen molar-refractivity contribution in [2.24, 2.45) is 5.92 Å². The Morgan fingerprint density at radius 3 is 2.94 bits per heavy atom. The number of carbonyl (C=O) groups is 1. The molecule has 3 nitrogen and oxygen atoms in total. The normalized spacial score (nSPS) is 23.7. The summed E-state index contributed by atoms with van der Waals surface area (Å²) in [5.41, 5.74) is 0.651. The van der Waals surface area contributed by atoms with Gasteiger partial charge in [0.2, 0.25) is 0 Å². The number of carbonyl (C=O) groups excluding carboxylic acids is 1. The van der Waals surface area contributed by atoms with Crippen molar-refractivity contribution in [1.82, 2.24) is 9.88 Å². The number of halogens is 1. The molecule has 0 saturated heterocycles. The highest BCUT2D eigenvalue weighted by Crippen LogP contribution is 2.28. The molecule has 4 heteroatoms. The smallest absolute Gasteiger partial charge is 0.256 e. The standard InChI is InChI=1S/C14H19BrN2O/c1-10-5-3-6-11(9-10)17(2)14(18)12-7-4-8-16-13(12)15/h4,7-8,10-11H,3,5-6,9H2,1-2H3.